The van der Waals surface area contributed by atoms with E-state index in [1.807, 2.05) is 19.1 Å². The highest BCUT2D eigenvalue weighted by Gasteiger charge is 2.14. The van der Waals surface area contributed by atoms with Gasteiger partial charge in [-0.2, -0.15) is 11.8 Å². The van der Waals surface area contributed by atoms with Gasteiger partial charge in [-0.1, -0.05) is 51.0 Å². The highest BCUT2D eigenvalue weighted by Crippen LogP contribution is 2.18. The zero-order valence-corrected chi connectivity index (χ0v) is 12.6. The summed E-state index contributed by atoms with van der Waals surface area (Å²) in [6, 6.07) is 8.04. The number of aryl methyl sites for hydroxylation is 1. The number of unbranched alkanes of at least 4 members (excludes halogenated alkanes) is 2. The molecule has 0 saturated heterocycles. The third kappa shape index (κ3) is 4.85. The van der Waals surface area contributed by atoms with Crippen molar-refractivity contribution in [2.45, 2.75) is 51.7 Å². The molecule has 1 atom stereocenters. The molecule has 2 heteroatoms. The lowest BCUT2D eigenvalue weighted by Crippen LogP contribution is -2.14. The van der Waals surface area contributed by atoms with Crippen LogP contribution in [0.25, 0.3) is 0 Å². The van der Waals surface area contributed by atoms with E-state index in [1.165, 1.54) is 24.8 Å². The number of carbonyl (C=O) groups excluding carboxylic acids is 1. The molecule has 0 radical (unpaired) electrons. The van der Waals surface area contributed by atoms with Gasteiger partial charge in [-0.15, -0.1) is 0 Å². The van der Waals surface area contributed by atoms with Crippen LogP contribution in [0.1, 0.15) is 56.0 Å². The first-order valence-corrected chi connectivity index (χ1v) is 7.98. The number of hydrogen-bond donors (Lipinski definition) is 0. The molecule has 0 aliphatic heterocycles. The van der Waals surface area contributed by atoms with Crippen LogP contribution < -0.4 is 0 Å². The van der Waals surface area contributed by atoms with Crippen molar-refractivity contribution in [2.75, 3.05) is 5.75 Å². The molecule has 1 nitrogen and oxygen atoms in total. The second-order valence-electron chi connectivity index (χ2n) is 4.63. The maximum Gasteiger partial charge on any atom is 0.175 e. The van der Waals surface area contributed by atoms with Crippen molar-refractivity contribution in [1.29, 1.82) is 0 Å². The fourth-order valence-electron chi connectivity index (χ4n) is 1.83. The summed E-state index contributed by atoms with van der Waals surface area (Å²) in [5, 5.41) is 0.0781. The standard InChI is InChI=1S/C16H24OS/c1-4-6-7-12-18-13(3)16(17)15-10-8-14(5-2)9-11-15/h8-11,13H,4-7,12H2,1-3H3. The van der Waals surface area contributed by atoms with E-state index in [1.54, 1.807) is 11.8 Å². The molecule has 0 aliphatic carbocycles. The molecule has 100 valence electrons. The van der Waals surface area contributed by atoms with Crippen LogP contribution in [0.4, 0.5) is 0 Å². The van der Waals surface area contributed by atoms with Crippen LogP contribution in [-0.4, -0.2) is 16.8 Å². The van der Waals surface area contributed by atoms with Crippen LogP contribution >= 0.6 is 11.8 Å². The first kappa shape index (κ1) is 15.3. The van der Waals surface area contributed by atoms with Gasteiger partial charge in [0.1, 0.15) is 0 Å². The third-order valence-corrected chi connectivity index (χ3v) is 4.37. The zero-order valence-electron chi connectivity index (χ0n) is 11.7. The normalized spacial score (nSPS) is 12.4. The second-order valence-corrected chi connectivity index (χ2v) is 6.08. The van der Waals surface area contributed by atoms with Gasteiger partial charge in [0, 0.05) is 5.56 Å². The molecule has 0 N–H and O–H groups in total. The predicted octanol–water partition coefficient (Wildman–Crippen LogP) is 4.74. The van der Waals surface area contributed by atoms with E-state index in [2.05, 4.69) is 26.0 Å². The Kier molecular flexibility index (Phi) is 7.11. The van der Waals surface area contributed by atoms with E-state index in [-0.39, 0.29) is 11.0 Å². The monoisotopic (exact) mass is 264 g/mol. The van der Waals surface area contributed by atoms with Crippen molar-refractivity contribution >= 4 is 17.5 Å². The first-order chi connectivity index (χ1) is 8.69. The molecule has 0 spiro atoms. The van der Waals surface area contributed by atoms with Gasteiger partial charge in [-0.05, 0) is 31.1 Å². The van der Waals surface area contributed by atoms with Crippen molar-refractivity contribution in [3.8, 4) is 0 Å². The van der Waals surface area contributed by atoms with Gasteiger partial charge in [0.05, 0.1) is 5.25 Å². The SMILES string of the molecule is CCCCCSC(C)C(=O)c1ccc(CC)cc1. The van der Waals surface area contributed by atoms with Gasteiger partial charge < -0.3 is 0 Å². The van der Waals surface area contributed by atoms with Crippen molar-refractivity contribution in [3.05, 3.63) is 35.4 Å². The van der Waals surface area contributed by atoms with Crippen LogP contribution in [0.5, 0.6) is 0 Å². The Balaban J connectivity index is 2.46. The van der Waals surface area contributed by atoms with E-state index in [0.29, 0.717) is 0 Å². The topological polar surface area (TPSA) is 17.1 Å². The van der Waals surface area contributed by atoms with Gasteiger partial charge >= 0.3 is 0 Å². The minimum Gasteiger partial charge on any atom is -0.293 e. The Morgan fingerprint density at radius 2 is 1.83 bits per heavy atom. The lowest BCUT2D eigenvalue weighted by molar-refractivity contribution is 0.0994. The molecule has 0 aliphatic rings. The van der Waals surface area contributed by atoms with E-state index < -0.39 is 0 Å². The molecular weight excluding hydrogens is 240 g/mol. The Morgan fingerprint density at radius 3 is 2.39 bits per heavy atom. The molecule has 18 heavy (non-hydrogen) atoms. The molecule has 1 aromatic carbocycles. The average Bonchev–Trinajstić information content (AvgIpc) is 2.42. The van der Waals surface area contributed by atoms with Gasteiger partial charge in [-0.3, -0.25) is 4.79 Å². The number of carbonyl (C=O) groups is 1. The van der Waals surface area contributed by atoms with Crippen LogP contribution in [0.15, 0.2) is 24.3 Å². The molecule has 0 fully saturated rings. The summed E-state index contributed by atoms with van der Waals surface area (Å²) in [6.45, 7) is 6.35. The van der Waals surface area contributed by atoms with Crippen molar-refractivity contribution in [3.63, 3.8) is 0 Å². The van der Waals surface area contributed by atoms with Gasteiger partial charge in [0.2, 0.25) is 0 Å². The smallest absolute Gasteiger partial charge is 0.175 e. The summed E-state index contributed by atoms with van der Waals surface area (Å²) >= 11 is 1.78. The molecule has 0 aromatic heterocycles. The van der Waals surface area contributed by atoms with Gasteiger partial charge in [0.15, 0.2) is 5.78 Å². The fraction of sp³-hybridized carbons (Fsp3) is 0.562. The quantitative estimate of drug-likeness (QED) is 0.498. The molecular formula is C16H24OS. The number of benzene rings is 1. The Morgan fingerprint density at radius 1 is 1.17 bits per heavy atom. The van der Waals surface area contributed by atoms with E-state index in [9.17, 15) is 4.79 Å². The summed E-state index contributed by atoms with van der Waals surface area (Å²) in [5.74, 6) is 1.35. The largest absolute Gasteiger partial charge is 0.293 e. The molecule has 0 bridgehead atoms. The number of ketones is 1. The summed E-state index contributed by atoms with van der Waals surface area (Å²) in [7, 11) is 0. The Bertz CT molecular complexity index is 356. The Labute approximate surface area is 115 Å². The van der Waals surface area contributed by atoms with Crippen molar-refractivity contribution in [2.24, 2.45) is 0 Å². The lowest BCUT2D eigenvalue weighted by Gasteiger charge is -2.10. The van der Waals surface area contributed by atoms with E-state index in [4.69, 9.17) is 0 Å². The van der Waals surface area contributed by atoms with Gasteiger partial charge in [0.25, 0.3) is 0 Å². The number of Topliss-reactive ketones (excluding diaryl/α,β-unsaturated/α-hetero) is 1. The molecule has 1 unspecified atom stereocenters. The van der Waals surface area contributed by atoms with Crippen LogP contribution in [0, 0.1) is 0 Å². The molecule has 1 rings (SSSR count). The number of rotatable bonds is 8. The third-order valence-electron chi connectivity index (χ3n) is 3.13. The Hall–Kier alpha value is -0.760. The molecule has 0 heterocycles. The molecule has 0 amide bonds. The van der Waals surface area contributed by atoms with E-state index in [0.717, 1.165) is 17.7 Å². The van der Waals surface area contributed by atoms with Gasteiger partial charge in [-0.25, -0.2) is 0 Å². The maximum absolute atomic E-state index is 12.2. The summed E-state index contributed by atoms with van der Waals surface area (Å²) < 4.78 is 0. The minimum absolute atomic E-state index is 0.0781. The summed E-state index contributed by atoms with van der Waals surface area (Å²) in [5.41, 5.74) is 2.14. The highest BCUT2D eigenvalue weighted by atomic mass is 32.2. The zero-order chi connectivity index (χ0) is 13.4. The molecule has 0 saturated carbocycles. The first-order valence-electron chi connectivity index (χ1n) is 6.93. The minimum atomic E-state index is 0.0781. The highest BCUT2D eigenvalue weighted by molar-refractivity contribution is 8.00. The summed E-state index contributed by atoms with van der Waals surface area (Å²) in [4.78, 5) is 12.2. The van der Waals surface area contributed by atoms with Crippen molar-refractivity contribution < 1.29 is 4.79 Å². The van der Waals surface area contributed by atoms with Crippen LogP contribution in [0.2, 0.25) is 0 Å². The van der Waals surface area contributed by atoms with Crippen molar-refractivity contribution in [1.82, 2.24) is 0 Å². The van der Waals surface area contributed by atoms with E-state index >= 15 is 0 Å². The molecule has 1 aromatic rings. The van der Waals surface area contributed by atoms with Crippen LogP contribution in [-0.2, 0) is 6.42 Å². The second kappa shape index (κ2) is 8.36. The number of hydrogen-bond acceptors (Lipinski definition) is 2. The average molecular weight is 264 g/mol. The fourth-order valence-corrected chi connectivity index (χ4v) is 2.84. The maximum atomic E-state index is 12.2. The lowest BCUT2D eigenvalue weighted by atomic mass is 10.1. The summed E-state index contributed by atoms with van der Waals surface area (Å²) in [6.07, 6.45) is 4.74. The number of thioether (sulfide) groups is 1. The predicted molar refractivity (Wildman–Crippen MR) is 81.6 cm³/mol. The van der Waals surface area contributed by atoms with Crippen LogP contribution in [0.3, 0.4) is 0 Å².